The van der Waals surface area contributed by atoms with Gasteiger partial charge in [-0.2, -0.15) is 5.10 Å². The Morgan fingerprint density at radius 3 is 2.43 bits per heavy atom. The molecule has 0 aliphatic carbocycles. The lowest BCUT2D eigenvalue weighted by molar-refractivity contribution is 0.414. The zero-order valence-corrected chi connectivity index (χ0v) is 13.7. The lowest BCUT2D eigenvalue weighted by Gasteiger charge is -2.07. The smallest absolute Gasteiger partial charge is 0.118 e. The first-order chi connectivity index (χ1) is 11.3. The van der Waals surface area contributed by atoms with E-state index in [1.54, 1.807) is 18.4 Å². The number of benzene rings is 2. The van der Waals surface area contributed by atoms with Gasteiger partial charge in [-0.15, -0.1) is 11.3 Å². The zero-order valence-electron chi connectivity index (χ0n) is 12.9. The van der Waals surface area contributed by atoms with Gasteiger partial charge in [0.2, 0.25) is 0 Å². The Morgan fingerprint density at radius 1 is 1.00 bits per heavy atom. The fourth-order valence-corrected chi connectivity index (χ4v) is 2.92. The maximum atomic E-state index is 5.21. The van der Waals surface area contributed by atoms with Crippen molar-refractivity contribution in [2.45, 2.75) is 6.42 Å². The normalized spacial score (nSPS) is 11.3. The Bertz CT molecular complexity index is 750. The first-order valence-electron chi connectivity index (χ1n) is 7.39. The minimum Gasteiger partial charge on any atom is -0.497 e. The van der Waals surface area contributed by atoms with Crippen molar-refractivity contribution in [3.8, 4) is 5.75 Å². The molecule has 0 aliphatic heterocycles. The van der Waals surface area contributed by atoms with Crippen LogP contribution in [0.3, 0.4) is 0 Å². The maximum absolute atomic E-state index is 5.21. The molecule has 1 N–H and O–H groups in total. The van der Waals surface area contributed by atoms with Crippen LogP contribution in [0.1, 0.15) is 10.4 Å². The van der Waals surface area contributed by atoms with Gasteiger partial charge in [0.05, 0.1) is 23.4 Å². The number of nitrogens with zero attached hydrogens (tertiary/aromatic N) is 1. The van der Waals surface area contributed by atoms with Crippen LogP contribution in [0.15, 0.2) is 77.2 Å². The van der Waals surface area contributed by atoms with E-state index in [1.165, 1.54) is 10.4 Å². The predicted octanol–water partition coefficient (Wildman–Crippen LogP) is 4.82. The molecular weight excluding hydrogens is 304 g/mol. The minimum absolute atomic E-state index is 0.768. The van der Waals surface area contributed by atoms with Gasteiger partial charge in [0.25, 0.3) is 0 Å². The van der Waals surface area contributed by atoms with Gasteiger partial charge in [0, 0.05) is 6.42 Å². The van der Waals surface area contributed by atoms with Crippen molar-refractivity contribution in [2.75, 3.05) is 12.5 Å². The van der Waals surface area contributed by atoms with Crippen LogP contribution in [-0.2, 0) is 6.42 Å². The van der Waals surface area contributed by atoms with Gasteiger partial charge in [-0.25, -0.2) is 0 Å². The van der Waals surface area contributed by atoms with Crippen LogP contribution in [0.4, 0.5) is 5.69 Å². The number of hydrazone groups is 1. The lowest BCUT2D eigenvalue weighted by Crippen LogP contribution is -2.06. The molecule has 0 amide bonds. The Morgan fingerprint density at radius 2 is 1.78 bits per heavy atom. The Kier molecular flexibility index (Phi) is 5.06. The quantitative estimate of drug-likeness (QED) is 0.521. The van der Waals surface area contributed by atoms with Gasteiger partial charge in [0.15, 0.2) is 0 Å². The molecule has 3 nitrogen and oxygen atoms in total. The average molecular weight is 322 g/mol. The number of para-hydroxylation sites is 1. The van der Waals surface area contributed by atoms with E-state index < -0.39 is 0 Å². The molecule has 0 radical (unpaired) electrons. The fraction of sp³-hybridized carbons (Fsp3) is 0.105. The summed E-state index contributed by atoms with van der Waals surface area (Å²) in [4.78, 5) is 1.17. The molecule has 116 valence electrons. The number of nitrogens with one attached hydrogen (secondary N) is 1. The molecule has 0 spiro atoms. The second-order valence-electron chi connectivity index (χ2n) is 5.04. The largest absolute Gasteiger partial charge is 0.497 e. The fourth-order valence-electron chi connectivity index (χ4n) is 2.21. The van der Waals surface area contributed by atoms with Crippen molar-refractivity contribution in [2.24, 2.45) is 5.10 Å². The Labute approximate surface area is 140 Å². The molecule has 0 saturated carbocycles. The number of ether oxygens (including phenoxy) is 1. The SMILES string of the molecule is COc1ccc(C/C(=N/Nc2ccccc2)c2cccs2)cc1. The Hall–Kier alpha value is -2.59. The molecule has 0 fully saturated rings. The number of hydrogen-bond donors (Lipinski definition) is 1. The summed E-state index contributed by atoms with van der Waals surface area (Å²) >= 11 is 1.70. The van der Waals surface area contributed by atoms with Gasteiger partial charge in [-0.3, -0.25) is 5.43 Å². The van der Waals surface area contributed by atoms with Crippen LogP contribution in [0.25, 0.3) is 0 Å². The molecular formula is C19H18N2OS. The third kappa shape index (κ3) is 4.20. The average Bonchev–Trinajstić information content (AvgIpc) is 3.14. The van der Waals surface area contributed by atoms with Gasteiger partial charge in [-0.05, 0) is 41.3 Å². The summed E-state index contributed by atoms with van der Waals surface area (Å²) in [6.07, 6.45) is 0.768. The van der Waals surface area contributed by atoms with E-state index in [0.29, 0.717) is 0 Å². The zero-order chi connectivity index (χ0) is 15.9. The Balaban J connectivity index is 1.81. The summed E-state index contributed by atoms with van der Waals surface area (Å²) in [5.41, 5.74) is 6.35. The van der Waals surface area contributed by atoms with E-state index in [9.17, 15) is 0 Å². The molecule has 1 heterocycles. The van der Waals surface area contributed by atoms with Crippen molar-refractivity contribution in [1.29, 1.82) is 0 Å². The van der Waals surface area contributed by atoms with Gasteiger partial charge in [0.1, 0.15) is 5.75 Å². The van der Waals surface area contributed by atoms with Gasteiger partial charge >= 0.3 is 0 Å². The van der Waals surface area contributed by atoms with E-state index in [4.69, 9.17) is 4.74 Å². The highest BCUT2D eigenvalue weighted by Crippen LogP contribution is 2.17. The van der Waals surface area contributed by atoms with E-state index in [-0.39, 0.29) is 0 Å². The maximum Gasteiger partial charge on any atom is 0.118 e. The molecule has 3 rings (SSSR count). The summed E-state index contributed by atoms with van der Waals surface area (Å²) in [5, 5.41) is 6.69. The highest BCUT2D eigenvalue weighted by atomic mass is 32.1. The van der Waals surface area contributed by atoms with Gasteiger partial charge < -0.3 is 4.74 Å². The molecule has 0 aliphatic rings. The van der Waals surface area contributed by atoms with E-state index >= 15 is 0 Å². The van der Waals surface area contributed by atoms with Crippen molar-refractivity contribution in [3.05, 3.63) is 82.6 Å². The monoisotopic (exact) mass is 322 g/mol. The van der Waals surface area contributed by atoms with Crippen molar-refractivity contribution >= 4 is 22.7 Å². The minimum atomic E-state index is 0.768. The molecule has 0 saturated heterocycles. The first kappa shape index (κ1) is 15.3. The van der Waals surface area contributed by atoms with E-state index in [1.807, 2.05) is 48.5 Å². The van der Waals surface area contributed by atoms with Crippen LogP contribution >= 0.6 is 11.3 Å². The molecule has 4 heteroatoms. The molecule has 3 aromatic rings. The summed E-state index contributed by atoms with van der Waals surface area (Å²) in [6, 6.07) is 22.2. The molecule has 0 unspecified atom stereocenters. The molecule has 1 aromatic heterocycles. The summed E-state index contributed by atoms with van der Waals surface area (Å²) in [6.45, 7) is 0. The number of methoxy groups -OCH3 is 1. The van der Waals surface area contributed by atoms with Crippen molar-refractivity contribution in [3.63, 3.8) is 0 Å². The van der Waals surface area contributed by atoms with Crippen LogP contribution in [0, 0.1) is 0 Å². The van der Waals surface area contributed by atoms with E-state index in [2.05, 4.69) is 34.1 Å². The number of anilines is 1. The van der Waals surface area contributed by atoms with Crippen LogP contribution in [0.5, 0.6) is 5.75 Å². The summed E-state index contributed by atoms with van der Waals surface area (Å²) in [7, 11) is 1.68. The van der Waals surface area contributed by atoms with Crippen LogP contribution < -0.4 is 10.2 Å². The number of hydrogen-bond acceptors (Lipinski definition) is 4. The molecule has 23 heavy (non-hydrogen) atoms. The molecule has 2 aromatic carbocycles. The topological polar surface area (TPSA) is 33.6 Å². The second-order valence-corrected chi connectivity index (χ2v) is 5.99. The van der Waals surface area contributed by atoms with Crippen molar-refractivity contribution in [1.82, 2.24) is 0 Å². The second kappa shape index (κ2) is 7.61. The van der Waals surface area contributed by atoms with E-state index in [0.717, 1.165) is 23.6 Å². The van der Waals surface area contributed by atoms with Gasteiger partial charge in [-0.1, -0.05) is 36.4 Å². The molecule has 0 atom stereocenters. The van der Waals surface area contributed by atoms with Crippen LogP contribution in [-0.4, -0.2) is 12.8 Å². The summed E-state index contributed by atoms with van der Waals surface area (Å²) < 4.78 is 5.21. The van der Waals surface area contributed by atoms with Crippen molar-refractivity contribution < 1.29 is 4.74 Å². The third-order valence-corrected chi connectivity index (χ3v) is 4.35. The predicted molar refractivity (Wildman–Crippen MR) is 97.6 cm³/mol. The third-order valence-electron chi connectivity index (χ3n) is 3.43. The highest BCUT2D eigenvalue weighted by Gasteiger charge is 2.07. The summed E-state index contributed by atoms with van der Waals surface area (Å²) in [5.74, 6) is 0.866. The number of rotatable bonds is 6. The number of thiophene rings is 1. The lowest BCUT2D eigenvalue weighted by atomic mass is 10.1. The van der Waals surface area contributed by atoms with Crippen LogP contribution in [0.2, 0.25) is 0 Å². The first-order valence-corrected chi connectivity index (χ1v) is 8.27. The highest BCUT2D eigenvalue weighted by molar-refractivity contribution is 7.12. The standard InChI is InChI=1S/C19H18N2OS/c1-22-17-11-9-15(10-12-17)14-18(19-8-5-13-23-19)21-20-16-6-3-2-4-7-16/h2-13,20H,14H2,1H3/b21-18-. The molecule has 0 bridgehead atoms.